The van der Waals surface area contributed by atoms with Crippen LogP contribution in [0.2, 0.25) is 0 Å². The Labute approximate surface area is 126 Å². The van der Waals surface area contributed by atoms with Crippen molar-refractivity contribution in [3.05, 3.63) is 0 Å². The van der Waals surface area contributed by atoms with Gasteiger partial charge in [-0.1, -0.05) is 0 Å². The average molecular weight is 297 g/mol. The molecule has 0 radical (unpaired) electrons. The molecule has 0 aromatic carbocycles. The molecule has 0 fully saturated rings. The molecule has 21 heavy (non-hydrogen) atoms. The van der Waals surface area contributed by atoms with Crippen LogP contribution in [0.15, 0.2) is 0 Å². The normalized spacial score (nSPS) is 10.5. The Morgan fingerprint density at radius 1 is 0.952 bits per heavy atom. The summed E-state index contributed by atoms with van der Waals surface area (Å²) >= 11 is 0. The quantitative estimate of drug-likeness (QED) is 0.373. The molecule has 8 nitrogen and oxygen atoms in total. The number of anilines is 3. The summed E-state index contributed by atoms with van der Waals surface area (Å²) in [5.74, 6) is 7.09. The van der Waals surface area contributed by atoms with Gasteiger partial charge in [0.05, 0.1) is 6.61 Å². The van der Waals surface area contributed by atoms with E-state index in [1.54, 1.807) is 0 Å². The second-order valence-corrected chi connectivity index (χ2v) is 4.35. The zero-order valence-corrected chi connectivity index (χ0v) is 13.5. The van der Waals surface area contributed by atoms with Crippen molar-refractivity contribution in [3.8, 4) is 0 Å². The van der Waals surface area contributed by atoms with Gasteiger partial charge >= 0.3 is 0 Å². The molecule has 8 heteroatoms. The number of rotatable bonds is 10. The van der Waals surface area contributed by atoms with Gasteiger partial charge in [-0.25, -0.2) is 5.84 Å². The smallest absolute Gasteiger partial charge is 0.243 e. The fraction of sp³-hybridized carbons (Fsp3) is 0.769. The molecule has 0 saturated heterocycles. The summed E-state index contributed by atoms with van der Waals surface area (Å²) in [5.41, 5.74) is 2.51. The molecule has 1 aromatic rings. The van der Waals surface area contributed by atoms with Crippen molar-refractivity contribution in [1.82, 2.24) is 15.0 Å². The van der Waals surface area contributed by atoms with Gasteiger partial charge < -0.3 is 14.5 Å². The minimum Gasteiger partial charge on any atom is -0.380 e. The first-order chi connectivity index (χ1) is 10.2. The van der Waals surface area contributed by atoms with E-state index in [1.807, 2.05) is 11.8 Å². The van der Waals surface area contributed by atoms with E-state index in [0.29, 0.717) is 31.1 Å². The maximum Gasteiger partial charge on any atom is 0.243 e. The molecule has 0 atom stereocenters. The predicted molar refractivity (Wildman–Crippen MR) is 85.6 cm³/mol. The Morgan fingerprint density at radius 3 is 2.00 bits per heavy atom. The number of nitrogens with zero attached hydrogens (tertiary/aromatic N) is 5. The van der Waals surface area contributed by atoms with E-state index in [4.69, 9.17) is 10.6 Å². The van der Waals surface area contributed by atoms with E-state index < -0.39 is 0 Å². The van der Waals surface area contributed by atoms with Crippen LogP contribution >= 0.6 is 0 Å². The summed E-state index contributed by atoms with van der Waals surface area (Å²) in [6, 6.07) is 0. The molecule has 120 valence electrons. The fourth-order valence-corrected chi connectivity index (χ4v) is 1.93. The monoisotopic (exact) mass is 297 g/mol. The van der Waals surface area contributed by atoms with Gasteiger partial charge in [0.15, 0.2) is 0 Å². The molecule has 0 aliphatic heterocycles. The maximum absolute atomic E-state index is 5.47. The van der Waals surface area contributed by atoms with Crippen LogP contribution in [0, 0.1) is 0 Å². The molecular weight excluding hydrogens is 270 g/mol. The Balaban J connectivity index is 3.00. The fourth-order valence-electron chi connectivity index (χ4n) is 1.93. The lowest BCUT2D eigenvalue weighted by Crippen LogP contribution is -2.31. The van der Waals surface area contributed by atoms with Crippen LogP contribution in [0.3, 0.4) is 0 Å². The van der Waals surface area contributed by atoms with E-state index in [-0.39, 0.29) is 0 Å². The molecule has 3 N–H and O–H groups in total. The number of nitrogens with two attached hydrogens (primary N) is 1. The number of hydrogen-bond acceptors (Lipinski definition) is 8. The molecule has 0 spiro atoms. The first-order valence-electron chi connectivity index (χ1n) is 7.50. The highest BCUT2D eigenvalue weighted by molar-refractivity contribution is 5.44. The zero-order valence-electron chi connectivity index (χ0n) is 13.5. The summed E-state index contributed by atoms with van der Waals surface area (Å²) in [4.78, 5) is 17.3. The van der Waals surface area contributed by atoms with Crippen molar-refractivity contribution in [3.63, 3.8) is 0 Å². The Bertz CT molecular complexity index is 412. The van der Waals surface area contributed by atoms with Gasteiger partial charge in [0.2, 0.25) is 17.8 Å². The predicted octanol–water partition coefficient (Wildman–Crippen LogP) is 0.866. The van der Waals surface area contributed by atoms with Gasteiger partial charge in [0.25, 0.3) is 0 Å². The topological polar surface area (TPSA) is 92.4 Å². The molecule has 0 bridgehead atoms. The van der Waals surface area contributed by atoms with Crippen molar-refractivity contribution in [2.45, 2.75) is 27.7 Å². The Morgan fingerprint density at radius 2 is 1.52 bits per heavy atom. The number of likely N-dealkylation sites (N-methyl/N-ethyl adjacent to an activating group) is 1. The molecule has 0 unspecified atom stereocenters. The highest BCUT2D eigenvalue weighted by atomic mass is 16.5. The van der Waals surface area contributed by atoms with Crippen molar-refractivity contribution in [2.75, 3.05) is 54.6 Å². The molecule has 1 aromatic heterocycles. The first-order valence-corrected chi connectivity index (χ1v) is 7.50. The number of ether oxygens (including phenoxy) is 1. The molecule has 0 amide bonds. The van der Waals surface area contributed by atoms with E-state index in [1.165, 1.54) is 0 Å². The minimum atomic E-state index is 0.372. The van der Waals surface area contributed by atoms with Gasteiger partial charge in [-0.05, 0) is 27.7 Å². The second-order valence-electron chi connectivity index (χ2n) is 4.35. The van der Waals surface area contributed by atoms with Gasteiger partial charge in [-0.2, -0.15) is 15.0 Å². The number of nitrogens with one attached hydrogen (secondary N) is 1. The van der Waals surface area contributed by atoms with Crippen molar-refractivity contribution >= 4 is 17.8 Å². The van der Waals surface area contributed by atoms with Crippen molar-refractivity contribution in [2.24, 2.45) is 5.84 Å². The third-order valence-corrected chi connectivity index (χ3v) is 3.16. The van der Waals surface area contributed by atoms with E-state index >= 15 is 0 Å². The summed E-state index contributed by atoms with van der Waals surface area (Å²) < 4.78 is 5.40. The summed E-state index contributed by atoms with van der Waals surface area (Å²) in [5, 5.41) is 0. The maximum atomic E-state index is 5.47. The lowest BCUT2D eigenvalue weighted by atomic mass is 10.5. The first kappa shape index (κ1) is 17.4. The van der Waals surface area contributed by atoms with Crippen LogP contribution in [0.25, 0.3) is 0 Å². The van der Waals surface area contributed by atoms with E-state index in [9.17, 15) is 0 Å². The van der Waals surface area contributed by atoms with Crippen LogP contribution in [-0.4, -0.2) is 54.3 Å². The second kappa shape index (κ2) is 9.30. The molecule has 0 aliphatic rings. The summed E-state index contributed by atoms with van der Waals surface area (Å²) in [6.07, 6.45) is 0. The minimum absolute atomic E-state index is 0.372. The van der Waals surface area contributed by atoms with Crippen LogP contribution < -0.4 is 21.1 Å². The molecule has 0 aliphatic carbocycles. The summed E-state index contributed by atoms with van der Waals surface area (Å²) in [6.45, 7) is 12.7. The molecular formula is C13H27N7O. The molecule has 1 heterocycles. The Kier molecular flexibility index (Phi) is 7.70. The third kappa shape index (κ3) is 4.98. The lowest BCUT2D eigenvalue weighted by Gasteiger charge is -2.24. The third-order valence-electron chi connectivity index (χ3n) is 3.16. The largest absolute Gasteiger partial charge is 0.380 e. The van der Waals surface area contributed by atoms with Crippen molar-refractivity contribution in [1.29, 1.82) is 0 Å². The number of aromatic nitrogens is 3. The average Bonchev–Trinajstić information content (AvgIpc) is 2.52. The highest BCUT2D eigenvalue weighted by Crippen LogP contribution is 2.16. The van der Waals surface area contributed by atoms with E-state index in [0.717, 1.165) is 26.2 Å². The van der Waals surface area contributed by atoms with E-state index in [2.05, 4.69) is 46.0 Å². The number of nitrogen functional groups attached to an aromatic ring is 1. The standard InChI is InChI=1S/C13H27N7O/c1-5-19(6-2)12-15-11(18-14)16-13(17-12)20(7-3)9-10-21-8-4/h5-10,14H2,1-4H3,(H,15,16,17,18). The zero-order chi connectivity index (χ0) is 15.7. The highest BCUT2D eigenvalue weighted by Gasteiger charge is 2.14. The van der Waals surface area contributed by atoms with Crippen LogP contribution in [-0.2, 0) is 4.74 Å². The SMILES string of the molecule is CCOCCN(CC)c1nc(NN)nc(N(CC)CC)n1. The van der Waals surface area contributed by atoms with Gasteiger partial charge in [0, 0.05) is 32.8 Å². The summed E-state index contributed by atoms with van der Waals surface area (Å²) in [7, 11) is 0. The lowest BCUT2D eigenvalue weighted by molar-refractivity contribution is 0.153. The van der Waals surface area contributed by atoms with Gasteiger partial charge in [-0.3, -0.25) is 5.43 Å². The van der Waals surface area contributed by atoms with Gasteiger partial charge in [-0.15, -0.1) is 0 Å². The van der Waals surface area contributed by atoms with Crippen LogP contribution in [0.4, 0.5) is 17.8 Å². The number of hydrogen-bond donors (Lipinski definition) is 2. The molecule has 1 rings (SSSR count). The van der Waals surface area contributed by atoms with Crippen LogP contribution in [0.5, 0.6) is 0 Å². The Hall–Kier alpha value is -1.67. The molecule has 0 saturated carbocycles. The number of hydrazine groups is 1. The van der Waals surface area contributed by atoms with Crippen molar-refractivity contribution < 1.29 is 4.74 Å². The van der Waals surface area contributed by atoms with Gasteiger partial charge in [0.1, 0.15) is 0 Å². The van der Waals surface area contributed by atoms with Crippen LogP contribution in [0.1, 0.15) is 27.7 Å².